The molecule has 0 spiro atoms. The maximum atomic E-state index is 12.3. The second kappa shape index (κ2) is 5.04. The van der Waals surface area contributed by atoms with Gasteiger partial charge in [0.15, 0.2) is 0 Å². The van der Waals surface area contributed by atoms with E-state index in [1.807, 2.05) is 39.0 Å². The van der Waals surface area contributed by atoms with E-state index in [1.165, 1.54) is 4.57 Å². The van der Waals surface area contributed by atoms with Gasteiger partial charge in [0, 0.05) is 23.2 Å². The molecule has 0 N–H and O–H groups in total. The topological polar surface area (TPSA) is 40.5 Å². The van der Waals surface area contributed by atoms with Gasteiger partial charge in [-0.05, 0) is 32.9 Å². The zero-order valence-corrected chi connectivity index (χ0v) is 12.3. The monoisotopic (exact) mass is 273 g/mol. The Labute approximate surface area is 118 Å². The quantitative estimate of drug-likeness (QED) is 0.828. The fourth-order valence-corrected chi connectivity index (χ4v) is 1.98. The molecule has 4 nitrogen and oxygen atoms in total. The van der Waals surface area contributed by atoms with Gasteiger partial charge in [-0.15, -0.1) is 0 Å². The molecule has 1 heterocycles. The SMILES string of the molecule is C=Cc1cn(C(=O)OC(C)(C)C)c2cc(OC)ccc12. The minimum atomic E-state index is -0.541. The van der Waals surface area contributed by atoms with Gasteiger partial charge in [0.25, 0.3) is 0 Å². The minimum absolute atomic E-state index is 0.413. The van der Waals surface area contributed by atoms with Crippen LogP contribution in [0.1, 0.15) is 26.3 Å². The number of rotatable bonds is 2. The Bertz CT molecular complexity index is 662. The molecule has 4 heteroatoms. The van der Waals surface area contributed by atoms with E-state index in [0.29, 0.717) is 5.75 Å². The molecule has 0 radical (unpaired) electrons. The Hall–Kier alpha value is -2.23. The zero-order chi connectivity index (χ0) is 14.9. The third-order valence-corrected chi connectivity index (χ3v) is 2.85. The molecule has 1 aromatic carbocycles. The normalized spacial score (nSPS) is 11.4. The van der Waals surface area contributed by atoms with Crippen molar-refractivity contribution in [2.24, 2.45) is 0 Å². The summed E-state index contributed by atoms with van der Waals surface area (Å²) in [6.45, 7) is 9.29. The summed E-state index contributed by atoms with van der Waals surface area (Å²) >= 11 is 0. The molecule has 0 aliphatic rings. The van der Waals surface area contributed by atoms with Gasteiger partial charge in [0.1, 0.15) is 11.4 Å². The summed E-state index contributed by atoms with van der Waals surface area (Å²) in [6.07, 6.45) is 3.03. The number of ether oxygens (including phenoxy) is 2. The first-order valence-electron chi connectivity index (χ1n) is 6.40. The molecule has 106 valence electrons. The van der Waals surface area contributed by atoms with E-state index in [4.69, 9.17) is 9.47 Å². The highest BCUT2D eigenvalue weighted by atomic mass is 16.6. The smallest absolute Gasteiger partial charge is 0.419 e. The van der Waals surface area contributed by atoms with Crippen LogP contribution in [0.2, 0.25) is 0 Å². The lowest BCUT2D eigenvalue weighted by molar-refractivity contribution is 0.0544. The van der Waals surface area contributed by atoms with Crippen LogP contribution in [-0.2, 0) is 4.74 Å². The van der Waals surface area contributed by atoms with Crippen molar-refractivity contribution >= 4 is 23.1 Å². The van der Waals surface area contributed by atoms with Gasteiger partial charge in [0.05, 0.1) is 12.6 Å². The lowest BCUT2D eigenvalue weighted by Crippen LogP contribution is -2.26. The highest BCUT2D eigenvalue weighted by Gasteiger charge is 2.20. The Morgan fingerprint density at radius 3 is 2.60 bits per heavy atom. The lowest BCUT2D eigenvalue weighted by Gasteiger charge is -2.19. The van der Waals surface area contributed by atoms with Crippen molar-refractivity contribution in [3.05, 3.63) is 36.5 Å². The van der Waals surface area contributed by atoms with E-state index in [9.17, 15) is 4.79 Å². The van der Waals surface area contributed by atoms with Crippen molar-refractivity contribution in [3.8, 4) is 5.75 Å². The fraction of sp³-hybridized carbons (Fsp3) is 0.312. The van der Waals surface area contributed by atoms with Crippen molar-refractivity contribution in [1.29, 1.82) is 0 Å². The summed E-state index contributed by atoms with van der Waals surface area (Å²) in [5.41, 5.74) is 1.09. The van der Waals surface area contributed by atoms with Crippen LogP contribution in [0, 0.1) is 0 Å². The van der Waals surface area contributed by atoms with Gasteiger partial charge in [0.2, 0.25) is 0 Å². The molecular weight excluding hydrogens is 254 g/mol. The van der Waals surface area contributed by atoms with E-state index in [1.54, 1.807) is 19.4 Å². The summed E-state index contributed by atoms with van der Waals surface area (Å²) in [5, 5.41) is 0.937. The summed E-state index contributed by atoms with van der Waals surface area (Å²) < 4.78 is 12.1. The fourth-order valence-electron chi connectivity index (χ4n) is 1.98. The molecule has 0 aliphatic carbocycles. The molecule has 0 saturated carbocycles. The number of carbonyl (C=O) groups is 1. The number of hydrogen-bond acceptors (Lipinski definition) is 3. The second-order valence-corrected chi connectivity index (χ2v) is 5.52. The number of benzene rings is 1. The number of nitrogens with zero attached hydrogens (tertiary/aromatic N) is 1. The van der Waals surface area contributed by atoms with Crippen LogP contribution in [0.4, 0.5) is 4.79 Å². The number of fused-ring (bicyclic) bond motifs is 1. The molecule has 0 amide bonds. The number of methoxy groups -OCH3 is 1. The summed E-state index contributed by atoms with van der Waals surface area (Å²) in [6, 6.07) is 5.58. The van der Waals surface area contributed by atoms with Crippen LogP contribution in [0.25, 0.3) is 17.0 Å². The first-order valence-corrected chi connectivity index (χ1v) is 6.40. The standard InChI is InChI=1S/C16H19NO3/c1-6-11-10-17(15(18)20-16(2,3)4)14-9-12(19-5)7-8-13(11)14/h6-10H,1H2,2-5H3. The molecular formula is C16H19NO3. The Morgan fingerprint density at radius 1 is 1.35 bits per heavy atom. The van der Waals surface area contributed by atoms with E-state index in [-0.39, 0.29) is 0 Å². The van der Waals surface area contributed by atoms with Gasteiger partial charge in [-0.25, -0.2) is 4.79 Å². The maximum absolute atomic E-state index is 12.3. The van der Waals surface area contributed by atoms with Crippen LogP contribution >= 0.6 is 0 Å². The van der Waals surface area contributed by atoms with Crippen LogP contribution in [0.3, 0.4) is 0 Å². The van der Waals surface area contributed by atoms with Gasteiger partial charge in [-0.1, -0.05) is 12.7 Å². The van der Waals surface area contributed by atoms with Crippen molar-refractivity contribution in [1.82, 2.24) is 4.57 Å². The van der Waals surface area contributed by atoms with E-state index >= 15 is 0 Å². The predicted molar refractivity (Wildman–Crippen MR) is 80.2 cm³/mol. The Balaban J connectivity index is 2.57. The number of hydrogen-bond donors (Lipinski definition) is 0. The van der Waals surface area contributed by atoms with Crippen molar-refractivity contribution in [2.45, 2.75) is 26.4 Å². The first kappa shape index (κ1) is 14.2. The molecule has 2 aromatic rings. The number of aromatic nitrogens is 1. The van der Waals surface area contributed by atoms with Crippen molar-refractivity contribution < 1.29 is 14.3 Å². The highest BCUT2D eigenvalue weighted by molar-refractivity contribution is 5.96. The van der Waals surface area contributed by atoms with Gasteiger partial charge >= 0.3 is 6.09 Å². The molecule has 0 fully saturated rings. The highest BCUT2D eigenvalue weighted by Crippen LogP contribution is 2.27. The maximum Gasteiger partial charge on any atom is 0.419 e. The van der Waals surface area contributed by atoms with Gasteiger partial charge < -0.3 is 9.47 Å². The number of carbonyl (C=O) groups excluding carboxylic acids is 1. The minimum Gasteiger partial charge on any atom is -0.497 e. The summed E-state index contributed by atoms with van der Waals surface area (Å²) in [5.74, 6) is 0.691. The molecule has 0 bridgehead atoms. The molecule has 20 heavy (non-hydrogen) atoms. The second-order valence-electron chi connectivity index (χ2n) is 5.52. The van der Waals surface area contributed by atoms with Crippen LogP contribution < -0.4 is 4.74 Å². The molecule has 0 saturated heterocycles. The zero-order valence-electron chi connectivity index (χ0n) is 12.3. The van der Waals surface area contributed by atoms with Crippen LogP contribution in [0.5, 0.6) is 5.75 Å². The first-order chi connectivity index (χ1) is 9.35. The van der Waals surface area contributed by atoms with E-state index in [2.05, 4.69) is 6.58 Å². The third-order valence-electron chi connectivity index (χ3n) is 2.85. The average molecular weight is 273 g/mol. The summed E-state index contributed by atoms with van der Waals surface area (Å²) in [4.78, 5) is 12.3. The van der Waals surface area contributed by atoms with E-state index < -0.39 is 11.7 Å². The molecule has 1 aromatic heterocycles. The molecule has 0 aliphatic heterocycles. The molecule has 0 unspecified atom stereocenters. The largest absolute Gasteiger partial charge is 0.497 e. The van der Waals surface area contributed by atoms with Crippen LogP contribution in [0.15, 0.2) is 31.0 Å². The van der Waals surface area contributed by atoms with Crippen molar-refractivity contribution in [3.63, 3.8) is 0 Å². The molecule has 0 atom stereocenters. The third kappa shape index (κ3) is 2.69. The molecule has 2 rings (SSSR count). The predicted octanol–water partition coefficient (Wildman–Crippen LogP) is 4.08. The lowest BCUT2D eigenvalue weighted by atomic mass is 10.2. The van der Waals surface area contributed by atoms with Crippen LogP contribution in [-0.4, -0.2) is 23.4 Å². The van der Waals surface area contributed by atoms with Crippen molar-refractivity contribution in [2.75, 3.05) is 7.11 Å². The average Bonchev–Trinajstić information content (AvgIpc) is 2.74. The van der Waals surface area contributed by atoms with E-state index in [0.717, 1.165) is 16.5 Å². The van der Waals surface area contributed by atoms with Gasteiger partial charge in [-0.2, -0.15) is 0 Å². The summed E-state index contributed by atoms with van der Waals surface area (Å²) in [7, 11) is 1.59. The Morgan fingerprint density at radius 2 is 2.05 bits per heavy atom. The van der Waals surface area contributed by atoms with Gasteiger partial charge in [-0.3, -0.25) is 4.57 Å². The Kier molecular flexibility index (Phi) is 3.57.